The van der Waals surface area contributed by atoms with Crippen LogP contribution in [0.15, 0.2) is 160 Å². The number of nitrogens with zero attached hydrogens (tertiary/aromatic N) is 1. The number of anilines is 4. The number of nitrogens with one attached hydrogen (secondary N) is 3. The molecule has 8 aromatic carbocycles. The smallest absolute Gasteiger partial charge is 0.416 e. The summed E-state index contributed by atoms with van der Waals surface area (Å²) in [4.78, 5) is 39.9. The van der Waals surface area contributed by atoms with Gasteiger partial charge in [0.05, 0.1) is 73.6 Å². The lowest BCUT2D eigenvalue weighted by Crippen LogP contribution is -2.37. The number of sulfone groups is 3. The second-order valence-electron chi connectivity index (χ2n) is 24.5. The molecule has 2 aliphatic rings. The largest absolute Gasteiger partial charge is 0.497 e. The summed E-state index contributed by atoms with van der Waals surface area (Å²) in [6, 6.07) is 30.0. The van der Waals surface area contributed by atoms with Gasteiger partial charge < -0.3 is 74.4 Å². The molecule has 8 aromatic rings. The van der Waals surface area contributed by atoms with Crippen molar-refractivity contribution in [3.63, 3.8) is 0 Å². The number of hydrogen-bond acceptors (Lipinski definition) is 22. The fourth-order valence-electron chi connectivity index (χ4n) is 11.3. The number of halogens is 9. The number of fused-ring (bicyclic) bond motifs is 2. The predicted octanol–water partition coefficient (Wildman–Crippen LogP) is 13.3. The van der Waals surface area contributed by atoms with Crippen molar-refractivity contribution in [3.8, 4) is 34.5 Å². The fraction of sp³-hybridized carbons (Fsp3) is 0.320. The van der Waals surface area contributed by atoms with Gasteiger partial charge >= 0.3 is 24.3 Å². The number of alkyl halides is 6. The summed E-state index contributed by atoms with van der Waals surface area (Å²) in [5.41, 5.74) is 2.94. The summed E-state index contributed by atoms with van der Waals surface area (Å²) >= 11 is 18.2. The third-order valence-electron chi connectivity index (χ3n) is 16.5. The molecule has 111 heavy (non-hydrogen) atoms. The Morgan fingerprint density at radius 2 is 0.847 bits per heavy atom. The van der Waals surface area contributed by atoms with Gasteiger partial charge in [-0.3, -0.25) is 4.79 Å². The number of aliphatic hydroxyl groups excluding tert-OH is 3. The van der Waals surface area contributed by atoms with Crippen LogP contribution in [0.4, 0.5) is 49.1 Å². The Morgan fingerprint density at radius 3 is 1.23 bits per heavy atom. The van der Waals surface area contributed by atoms with Crippen LogP contribution in [-0.4, -0.2) is 156 Å². The summed E-state index contributed by atoms with van der Waals surface area (Å²) in [6.45, 7) is 0.968. The molecule has 0 fully saturated rings. The number of rotatable bonds is 28. The first-order chi connectivity index (χ1) is 52.2. The Hall–Kier alpha value is -9.45. The minimum absolute atomic E-state index is 0.000272. The van der Waals surface area contributed by atoms with Crippen molar-refractivity contribution < 1.29 is 120 Å². The monoisotopic (exact) mass is 1670 g/mol. The van der Waals surface area contributed by atoms with Gasteiger partial charge in [-0.1, -0.05) is 65.1 Å². The van der Waals surface area contributed by atoms with Crippen LogP contribution >= 0.6 is 34.8 Å². The van der Waals surface area contributed by atoms with Crippen LogP contribution in [0.5, 0.6) is 34.5 Å². The number of hydrogen-bond donors (Lipinski definition) is 7. The van der Waals surface area contributed by atoms with Crippen molar-refractivity contribution in [1.29, 1.82) is 0 Å². The van der Waals surface area contributed by atoms with Crippen LogP contribution in [0.2, 0.25) is 15.1 Å². The summed E-state index contributed by atoms with van der Waals surface area (Å²) < 4.78 is 187. The van der Waals surface area contributed by atoms with Crippen molar-refractivity contribution in [3.05, 3.63) is 205 Å². The van der Waals surface area contributed by atoms with E-state index >= 15 is 0 Å². The molecule has 1 heterocycles. The molecule has 24 nitrogen and oxygen atoms in total. The molecule has 600 valence electrons. The number of carboxylic acid groups (broad SMARTS) is 1. The Bertz CT molecular complexity index is 4990. The van der Waals surface area contributed by atoms with Gasteiger partial charge in [-0.2, -0.15) is 26.3 Å². The Kier molecular flexibility index (Phi) is 31.3. The highest BCUT2D eigenvalue weighted by Gasteiger charge is 2.38. The van der Waals surface area contributed by atoms with Crippen molar-refractivity contribution in [2.75, 3.05) is 114 Å². The molecule has 1 aliphatic carbocycles. The van der Waals surface area contributed by atoms with Gasteiger partial charge in [-0.25, -0.2) is 34.8 Å². The number of carbonyl (C=O) groups is 3. The summed E-state index contributed by atoms with van der Waals surface area (Å²) in [7, 11) is -6.59. The number of aryl methyl sites for hydroxylation is 2. The standard InChI is InChI=1S/C27H26ClF3N2O6S.C20H24ClNO7S.C18H20ClNO7S.C10H9F3/c1-38-20-13-19(14-21(15-20)40(2,36)37)32-25(22-6-5-18(28)12-24(22)39-10-9-34)26(35)33-8-7-16-3-4-17(11-23(16)33)27(29,30)31;1-4-28-20(24)19(17-6-5-13(21)9-18(17)29-8-7-23)22-14-10-15(27-2)12-16(11-14)30(3,25)26;1-26-13-8-12(9-14(10-13)28(2,24)25)20-17(18(22)23)15-4-3-11(19)7-16(15)27-6-5-21;11-10(12,13)9-5-4-7-2-1-3-8(7)6-9/h3-6,11-15,25,32,34H,7-10H2,1-2H3;5-6,9-12,19,22-23H,4,7-8H2,1-3H3;3-4,7-10,17,20-21H,5-6H2,1-2H3,(H,22,23);4-6H,1-3H2. The molecular formula is C75H79Cl3F6N4O20S3. The number of carboxylic acids is 1. The van der Waals surface area contributed by atoms with E-state index in [4.69, 9.17) is 78.2 Å². The maximum Gasteiger partial charge on any atom is 0.416 e. The molecule has 10 rings (SSSR count). The second-order valence-corrected chi connectivity index (χ2v) is 31.9. The van der Waals surface area contributed by atoms with E-state index < -0.39 is 89.0 Å². The highest BCUT2D eigenvalue weighted by molar-refractivity contribution is 7.91. The Balaban J connectivity index is 0.000000217. The van der Waals surface area contributed by atoms with Crippen LogP contribution in [0.25, 0.3) is 0 Å². The lowest BCUT2D eigenvalue weighted by atomic mass is 10.0. The molecule has 3 unspecified atom stereocenters. The third kappa shape index (κ3) is 25.0. The van der Waals surface area contributed by atoms with Crippen LogP contribution in [0, 0.1) is 0 Å². The number of carbonyl (C=O) groups excluding carboxylic acids is 2. The van der Waals surface area contributed by atoms with Crippen LogP contribution < -0.4 is 49.3 Å². The Morgan fingerprint density at radius 1 is 0.477 bits per heavy atom. The molecule has 0 saturated heterocycles. The Labute approximate surface area is 651 Å². The number of benzene rings is 8. The van der Waals surface area contributed by atoms with Gasteiger partial charge in [0, 0.05) is 98.0 Å². The number of methoxy groups -OCH3 is 3. The maximum atomic E-state index is 14.1. The first kappa shape index (κ1) is 88.8. The molecule has 0 radical (unpaired) electrons. The van der Waals surface area contributed by atoms with Gasteiger partial charge in [0.2, 0.25) is 0 Å². The van der Waals surface area contributed by atoms with E-state index in [1.54, 1.807) is 31.2 Å². The summed E-state index contributed by atoms with van der Waals surface area (Å²) in [5, 5.41) is 46.9. The highest BCUT2D eigenvalue weighted by Crippen LogP contribution is 2.42. The number of amides is 1. The topological polar surface area (TPSA) is 338 Å². The zero-order valence-corrected chi connectivity index (χ0v) is 65.2. The zero-order chi connectivity index (χ0) is 81.9. The molecule has 1 aliphatic heterocycles. The molecule has 0 aromatic heterocycles. The number of esters is 1. The number of ether oxygens (including phenoxy) is 7. The van der Waals surface area contributed by atoms with E-state index in [0.717, 1.165) is 61.3 Å². The third-order valence-corrected chi connectivity index (χ3v) is 20.5. The quantitative estimate of drug-likeness (QED) is 0.0177. The zero-order valence-electron chi connectivity index (χ0n) is 60.5. The average Bonchev–Trinajstić information content (AvgIpc) is 1.69. The van der Waals surface area contributed by atoms with Crippen molar-refractivity contribution in [2.45, 2.75) is 77.8 Å². The first-order valence-electron chi connectivity index (χ1n) is 33.4. The number of aliphatic carboxylic acids is 1. The first-order valence-corrected chi connectivity index (χ1v) is 40.2. The van der Waals surface area contributed by atoms with Gasteiger partial charge in [0.25, 0.3) is 5.91 Å². The van der Waals surface area contributed by atoms with Crippen LogP contribution in [-0.2, 0) is 80.2 Å². The molecule has 7 N–H and O–H groups in total. The molecule has 36 heteroatoms. The van der Waals surface area contributed by atoms with E-state index in [2.05, 4.69) is 16.0 Å². The number of aliphatic hydroxyl groups is 3. The lowest BCUT2D eigenvalue weighted by Gasteiger charge is -2.28. The molecular weight excluding hydrogens is 1590 g/mol. The molecule has 1 amide bonds. The van der Waals surface area contributed by atoms with E-state index in [1.807, 2.05) is 0 Å². The molecule has 0 bridgehead atoms. The second kappa shape index (κ2) is 39.1. The summed E-state index contributed by atoms with van der Waals surface area (Å²) in [5.74, 6) is -1.05. The fourth-order valence-corrected chi connectivity index (χ4v) is 13.8. The maximum absolute atomic E-state index is 14.1. The van der Waals surface area contributed by atoms with E-state index in [-0.39, 0.29) is 129 Å². The van der Waals surface area contributed by atoms with Crippen molar-refractivity contribution in [2.24, 2.45) is 0 Å². The van der Waals surface area contributed by atoms with Crippen molar-refractivity contribution >= 4 is 105 Å². The van der Waals surface area contributed by atoms with Crippen molar-refractivity contribution in [1.82, 2.24) is 0 Å². The lowest BCUT2D eigenvalue weighted by molar-refractivity contribution is -0.144. The van der Waals surface area contributed by atoms with Crippen LogP contribution in [0.3, 0.4) is 0 Å². The SMILES string of the molecule is CCOC(=O)C(Nc1cc(OC)cc(S(C)(=O)=O)c1)c1ccc(Cl)cc1OCCO.COc1cc(NC(C(=O)N2CCc3ccc(C(F)(F)F)cc32)c2ccc(Cl)cc2OCCO)cc(S(C)(=O)=O)c1.COc1cc(NC(C(=O)O)c2ccc(Cl)cc2OCCO)cc(S(C)(=O)=O)c1.FC(F)(F)c1ccc2c(c1)CCC2. The van der Waals surface area contributed by atoms with Gasteiger partial charge in [0.15, 0.2) is 41.6 Å². The van der Waals surface area contributed by atoms with Gasteiger partial charge in [0.1, 0.15) is 60.4 Å². The summed E-state index contributed by atoms with van der Waals surface area (Å²) in [6.07, 6.45) is -2.62. The van der Waals surface area contributed by atoms with Gasteiger partial charge in [-0.05, 0) is 146 Å². The minimum Gasteiger partial charge on any atom is -0.497 e. The minimum atomic E-state index is -4.60. The van der Waals surface area contributed by atoms with Gasteiger partial charge in [-0.15, -0.1) is 0 Å². The predicted molar refractivity (Wildman–Crippen MR) is 405 cm³/mol. The highest BCUT2D eigenvalue weighted by atomic mass is 35.5. The normalized spacial score (nSPS) is 13.3. The van der Waals surface area contributed by atoms with Crippen LogP contribution in [0.1, 0.15) is 76.0 Å². The molecule has 3 atom stereocenters. The molecule has 0 saturated carbocycles. The molecule has 0 spiro atoms. The van der Waals surface area contributed by atoms with E-state index in [1.165, 1.54) is 135 Å². The van der Waals surface area contributed by atoms with E-state index in [0.29, 0.717) is 39.0 Å². The van der Waals surface area contributed by atoms with E-state index in [9.17, 15) is 76.2 Å². The average molecular weight is 1670 g/mol.